The molecule has 0 fully saturated rings. The van der Waals surface area contributed by atoms with E-state index in [1.165, 1.54) is 18.3 Å². The maximum Gasteiger partial charge on any atom is 0.263 e. The van der Waals surface area contributed by atoms with Crippen molar-refractivity contribution in [1.29, 1.82) is 0 Å². The van der Waals surface area contributed by atoms with Crippen LogP contribution in [0.2, 0.25) is 0 Å². The van der Waals surface area contributed by atoms with Crippen molar-refractivity contribution >= 4 is 15.8 Å². The Labute approximate surface area is 193 Å². The van der Waals surface area contributed by atoms with Gasteiger partial charge in [-0.25, -0.2) is 27.5 Å². The lowest BCUT2D eigenvalue weighted by Gasteiger charge is -2.21. The molecular weight excluding hydrogens is 453 g/mol. The molecule has 2 N–H and O–H groups in total. The summed E-state index contributed by atoms with van der Waals surface area (Å²) in [6, 6.07) is 3.92. The van der Waals surface area contributed by atoms with Crippen molar-refractivity contribution in [3.63, 3.8) is 0 Å². The van der Waals surface area contributed by atoms with Gasteiger partial charge in [-0.1, -0.05) is 27.7 Å². The summed E-state index contributed by atoms with van der Waals surface area (Å²) < 4.78 is 57.9. The average molecular weight is 485 g/mol. The third-order valence-corrected chi connectivity index (χ3v) is 6.37. The lowest BCUT2D eigenvalue weighted by Crippen LogP contribution is -2.20. The lowest BCUT2D eigenvalue weighted by atomic mass is 9.85. The second kappa shape index (κ2) is 10.8. The van der Waals surface area contributed by atoms with Crippen LogP contribution in [-0.4, -0.2) is 34.1 Å². The Balaban J connectivity index is 2.48. The van der Waals surface area contributed by atoms with Crippen molar-refractivity contribution in [1.82, 2.24) is 9.88 Å². The summed E-state index contributed by atoms with van der Waals surface area (Å²) in [6.07, 6.45) is -1.61. The van der Waals surface area contributed by atoms with E-state index in [0.717, 1.165) is 6.07 Å². The standard InChI is InChI=1S/C23H31F3N4O2S/c1-13(2)17-8-16(22(25)26)9-18(14(3)4)19(17)10-21(31)29-33(27,32)23-20(24)7-15(11-28-23)12-30(5)6/h7-9,11,13-14,22H,10,12H2,1-6H3,(H2,27,29,31,32). The van der Waals surface area contributed by atoms with E-state index >= 15 is 0 Å². The summed E-state index contributed by atoms with van der Waals surface area (Å²) in [5.74, 6) is -2.04. The van der Waals surface area contributed by atoms with Crippen LogP contribution in [0, 0.1) is 5.82 Å². The SMILES string of the molecule is CC(C)c1cc(C(F)F)cc(C(C)C)c1CC(=O)N=S(N)(=O)c1ncc(CN(C)C)cc1F. The van der Waals surface area contributed by atoms with E-state index in [4.69, 9.17) is 5.14 Å². The molecule has 0 saturated heterocycles. The Morgan fingerprint density at radius 3 is 2.09 bits per heavy atom. The molecule has 0 bridgehead atoms. The van der Waals surface area contributed by atoms with Crippen LogP contribution >= 0.6 is 0 Å². The Hall–Kier alpha value is -2.30. The molecule has 1 amide bonds. The Morgan fingerprint density at radius 2 is 1.67 bits per heavy atom. The van der Waals surface area contributed by atoms with Gasteiger partial charge in [-0.2, -0.15) is 0 Å². The minimum Gasteiger partial charge on any atom is -0.305 e. The number of halogens is 3. The summed E-state index contributed by atoms with van der Waals surface area (Å²) in [6.45, 7) is 7.75. The first-order valence-corrected chi connectivity index (χ1v) is 12.1. The smallest absolute Gasteiger partial charge is 0.263 e. The minimum absolute atomic E-state index is 0.123. The van der Waals surface area contributed by atoms with Crippen LogP contribution in [0.4, 0.5) is 13.2 Å². The van der Waals surface area contributed by atoms with Crippen LogP contribution in [-0.2, 0) is 27.7 Å². The van der Waals surface area contributed by atoms with E-state index in [1.807, 2.05) is 32.6 Å². The van der Waals surface area contributed by atoms with E-state index in [0.29, 0.717) is 28.8 Å². The summed E-state index contributed by atoms with van der Waals surface area (Å²) in [4.78, 5) is 18.4. The Kier molecular flexibility index (Phi) is 8.78. The van der Waals surface area contributed by atoms with Crippen molar-refractivity contribution in [2.24, 2.45) is 9.50 Å². The first-order valence-electron chi connectivity index (χ1n) is 10.5. The highest BCUT2D eigenvalue weighted by molar-refractivity contribution is 7.91. The van der Waals surface area contributed by atoms with Crippen LogP contribution in [0.15, 0.2) is 33.8 Å². The number of amides is 1. The number of hydrogen-bond acceptors (Lipinski definition) is 4. The molecule has 0 aliphatic carbocycles. The molecule has 2 aromatic rings. The number of alkyl halides is 2. The van der Waals surface area contributed by atoms with Crippen molar-refractivity contribution < 1.29 is 22.2 Å². The van der Waals surface area contributed by atoms with Gasteiger partial charge in [0.25, 0.3) is 12.3 Å². The lowest BCUT2D eigenvalue weighted by molar-refractivity contribution is -0.117. The molecular formula is C23H31F3N4O2S. The number of rotatable bonds is 8. The molecule has 0 spiro atoms. The molecule has 1 unspecified atom stereocenters. The van der Waals surface area contributed by atoms with Crippen molar-refractivity contribution in [2.45, 2.75) is 63.9 Å². The van der Waals surface area contributed by atoms with Gasteiger partial charge in [0.2, 0.25) is 0 Å². The molecule has 0 saturated carbocycles. The Bertz CT molecular complexity index is 1110. The van der Waals surface area contributed by atoms with Gasteiger partial charge in [-0.15, -0.1) is 4.36 Å². The van der Waals surface area contributed by atoms with Crippen LogP contribution in [0.3, 0.4) is 0 Å². The molecule has 1 atom stereocenters. The normalized spacial score (nSPS) is 13.8. The molecule has 33 heavy (non-hydrogen) atoms. The molecule has 1 aromatic carbocycles. The second-order valence-corrected chi connectivity index (χ2v) is 10.6. The van der Waals surface area contributed by atoms with Gasteiger partial charge in [0.15, 0.2) is 20.8 Å². The number of carbonyl (C=O) groups excluding carboxylic acids is 1. The molecule has 0 radical (unpaired) electrons. The fraction of sp³-hybridized carbons (Fsp3) is 0.478. The summed E-state index contributed by atoms with van der Waals surface area (Å²) in [5.41, 5.74) is 2.14. The maximum atomic E-state index is 14.6. The first kappa shape index (κ1) is 26.9. The van der Waals surface area contributed by atoms with E-state index in [-0.39, 0.29) is 23.8 Å². The fourth-order valence-electron chi connectivity index (χ4n) is 3.61. The highest BCUT2D eigenvalue weighted by Crippen LogP contribution is 2.33. The number of carbonyl (C=O) groups is 1. The fourth-order valence-corrected chi connectivity index (χ4v) is 4.61. The number of aromatic nitrogens is 1. The number of benzene rings is 1. The third kappa shape index (κ3) is 6.84. The zero-order chi connectivity index (χ0) is 25.1. The zero-order valence-electron chi connectivity index (χ0n) is 19.7. The van der Waals surface area contributed by atoms with Crippen molar-refractivity contribution in [3.8, 4) is 0 Å². The predicted molar refractivity (Wildman–Crippen MR) is 123 cm³/mol. The molecule has 182 valence electrons. The van der Waals surface area contributed by atoms with Crippen molar-refractivity contribution in [3.05, 3.63) is 58.0 Å². The minimum atomic E-state index is -3.94. The zero-order valence-corrected chi connectivity index (χ0v) is 20.5. The first-order chi connectivity index (χ1) is 15.2. The van der Waals surface area contributed by atoms with Gasteiger partial charge in [-0.3, -0.25) is 4.79 Å². The second-order valence-electron chi connectivity index (χ2n) is 8.89. The van der Waals surface area contributed by atoms with Crippen LogP contribution < -0.4 is 5.14 Å². The van der Waals surface area contributed by atoms with Crippen LogP contribution in [0.5, 0.6) is 0 Å². The molecule has 2 rings (SSSR count). The molecule has 10 heteroatoms. The average Bonchev–Trinajstić information content (AvgIpc) is 2.66. The maximum absolute atomic E-state index is 14.6. The van der Waals surface area contributed by atoms with Gasteiger partial charge in [-0.05, 0) is 66.4 Å². The van der Waals surface area contributed by atoms with Crippen LogP contribution in [0.25, 0.3) is 0 Å². The van der Waals surface area contributed by atoms with Gasteiger partial charge >= 0.3 is 0 Å². The largest absolute Gasteiger partial charge is 0.305 e. The monoisotopic (exact) mass is 484 g/mol. The third-order valence-electron chi connectivity index (χ3n) is 5.04. The highest BCUT2D eigenvalue weighted by atomic mass is 32.2. The number of nitrogens with two attached hydrogens (primary N) is 1. The van der Waals surface area contributed by atoms with Gasteiger partial charge < -0.3 is 4.90 Å². The number of pyridine rings is 1. The van der Waals surface area contributed by atoms with Crippen LogP contribution in [0.1, 0.15) is 73.8 Å². The highest BCUT2D eigenvalue weighted by Gasteiger charge is 2.23. The molecule has 6 nitrogen and oxygen atoms in total. The molecule has 0 aliphatic rings. The Morgan fingerprint density at radius 1 is 1.12 bits per heavy atom. The molecule has 1 heterocycles. The molecule has 1 aromatic heterocycles. The van der Waals surface area contributed by atoms with E-state index in [1.54, 1.807) is 14.1 Å². The summed E-state index contributed by atoms with van der Waals surface area (Å²) in [7, 11) is -0.333. The predicted octanol–water partition coefficient (Wildman–Crippen LogP) is 4.94. The summed E-state index contributed by atoms with van der Waals surface area (Å²) >= 11 is 0. The quantitative estimate of drug-likeness (QED) is 0.575. The van der Waals surface area contributed by atoms with E-state index < -0.39 is 33.1 Å². The number of hydrogen-bond donors (Lipinski definition) is 1. The molecule has 0 aliphatic heterocycles. The van der Waals surface area contributed by atoms with E-state index in [2.05, 4.69) is 9.35 Å². The van der Waals surface area contributed by atoms with Gasteiger partial charge in [0.1, 0.15) is 0 Å². The van der Waals surface area contributed by atoms with Gasteiger partial charge in [0, 0.05) is 18.3 Å². The summed E-state index contributed by atoms with van der Waals surface area (Å²) in [5, 5.41) is 5.13. The van der Waals surface area contributed by atoms with E-state index in [9.17, 15) is 22.2 Å². The van der Waals surface area contributed by atoms with Crippen molar-refractivity contribution in [2.75, 3.05) is 14.1 Å². The topological polar surface area (TPSA) is 88.7 Å². The van der Waals surface area contributed by atoms with Gasteiger partial charge in [0.05, 0.1) is 6.42 Å². The number of nitrogens with zero attached hydrogens (tertiary/aromatic N) is 3.